The van der Waals surface area contributed by atoms with Gasteiger partial charge in [-0.05, 0) is 50.0 Å². The molecule has 1 N–H and O–H groups in total. The molecule has 0 aliphatic carbocycles. The van der Waals surface area contributed by atoms with Gasteiger partial charge in [0.15, 0.2) is 5.78 Å². The number of nitrogens with one attached hydrogen (secondary N) is 1. The summed E-state index contributed by atoms with van der Waals surface area (Å²) in [6.07, 6.45) is 6.65. The van der Waals surface area contributed by atoms with E-state index in [1.54, 1.807) is 0 Å². The van der Waals surface area contributed by atoms with Crippen LogP contribution >= 0.6 is 0 Å². The van der Waals surface area contributed by atoms with Gasteiger partial charge in [-0.3, -0.25) is 4.79 Å². The summed E-state index contributed by atoms with van der Waals surface area (Å²) in [7, 11) is 2.14. The first-order chi connectivity index (χ1) is 13.2. The van der Waals surface area contributed by atoms with Crippen LogP contribution in [0.1, 0.15) is 46.7 Å². The number of benzene rings is 2. The highest BCUT2D eigenvalue weighted by Gasteiger charge is 2.29. The van der Waals surface area contributed by atoms with Crippen molar-refractivity contribution in [2.45, 2.75) is 31.6 Å². The molecule has 1 aliphatic rings. The van der Waals surface area contributed by atoms with E-state index in [0.29, 0.717) is 6.54 Å². The van der Waals surface area contributed by atoms with Crippen LogP contribution in [0.2, 0.25) is 0 Å². The van der Waals surface area contributed by atoms with Gasteiger partial charge >= 0.3 is 0 Å². The third kappa shape index (κ3) is 5.08. The van der Waals surface area contributed by atoms with Gasteiger partial charge in [-0.25, -0.2) is 0 Å². The van der Waals surface area contributed by atoms with Gasteiger partial charge in [0, 0.05) is 24.3 Å². The third-order valence-corrected chi connectivity index (χ3v) is 5.31. The van der Waals surface area contributed by atoms with Crippen LogP contribution in [-0.2, 0) is 6.42 Å². The number of nitrogens with zero attached hydrogens (tertiary/aromatic N) is 1. The lowest BCUT2D eigenvalue weighted by molar-refractivity contribution is 0.0966. The van der Waals surface area contributed by atoms with Gasteiger partial charge in [0.1, 0.15) is 0 Å². The highest BCUT2D eigenvalue weighted by Crippen LogP contribution is 2.34. The molecule has 1 unspecified atom stereocenters. The van der Waals surface area contributed by atoms with Gasteiger partial charge in [-0.1, -0.05) is 55.0 Å². The van der Waals surface area contributed by atoms with E-state index in [9.17, 15) is 4.79 Å². The first-order valence-corrected chi connectivity index (χ1v) is 9.94. The zero-order valence-corrected chi connectivity index (χ0v) is 16.3. The second-order valence-corrected chi connectivity index (χ2v) is 7.45. The second kappa shape index (κ2) is 9.52. The standard InChI is InChI=1S/C24H30N2O/c1-3-15-26(2)16-9-5-6-10-19-13-14-23-21(17-19)22(18-25-23)24(27)20-11-7-4-8-12-20/h3-4,7-8,11-14,17,22,25H,1,5-6,9-10,15-16,18H2,2H3. The maximum Gasteiger partial charge on any atom is 0.172 e. The Kier molecular flexibility index (Phi) is 6.83. The van der Waals surface area contributed by atoms with E-state index in [-0.39, 0.29) is 11.7 Å². The molecule has 3 rings (SSSR count). The first-order valence-electron chi connectivity index (χ1n) is 9.94. The van der Waals surface area contributed by atoms with Crippen molar-refractivity contribution < 1.29 is 4.79 Å². The molecule has 0 saturated heterocycles. The van der Waals surface area contributed by atoms with Crippen LogP contribution in [-0.4, -0.2) is 37.4 Å². The summed E-state index contributed by atoms with van der Waals surface area (Å²) in [5, 5.41) is 3.39. The number of anilines is 1. The van der Waals surface area contributed by atoms with Crippen molar-refractivity contribution in [3.05, 3.63) is 77.9 Å². The van der Waals surface area contributed by atoms with Gasteiger partial charge in [0.25, 0.3) is 0 Å². The Morgan fingerprint density at radius 2 is 2.00 bits per heavy atom. The summed E-state index contributed by atoms with van der Waals surface area (Å²) in [6.45, 7) is 6.55. The number of Topliss-reactive ketones (excluding diaryl/α,β-unsaturated/α-hetero) is 1. The number of fused-ring (bicyclic) bond motifs is 1. The number of rotatable bonds is 10. The molecule has 1 atom stereocenters. The van der Waals surface area contributed by atoms with E-state index in [1.807, 2.05) is 36.4 Å². The van der Waals surface area contributed by atoms with Crippen molar-refractivity contribution in [3.63, 3.8) is 0 Å². The van der Waals surface area contributed by atoms with Crippen molar-refractivity contribution >= 4 is 11.5 Å². The van der Waals surface area contributed by atoms with E-state index >= 15 is 0 Å². The molecule has 0 fully saturated rings. The Labute approximate surface area is 163 Å². The minimum atomic E-state index is -0.0742. The molecule has 27 heavy (non-hydrogen) atoms. The Morgan fingerprint density at radius 3 is 2.78 bits per heavy atom. The molecule has 3 nitrogen and oxygen atoms in total. The number of carbonyl (C=O) groups is 1. The van der Waals surface area contributed by atoms with E-state index in [2.05, 4.69) is 42.0 Å². The molecule has 0 saturated carbocycles. The molecule has 1 heterocycles. The number of likely N-dealkylation sites (N-methyl/N-ethyl adjacent to an activating group) is 1. The average molecular weight is 363 g/mol. The average Bonchev–Trinajstić information content (AvgIpc) is 3.11. The summed E-state index contributed by atoms with van der Waals surface area (Å²) in [5.41, 5.74) is 4.40. The summed E-state index contributed by atoms with van der Waals surface area (Å²) >= 11 is 0. The van der Waals surface area contributed by atoms with Crippen molar-refractivity contribution in [1.29, 1.82) is 0 Å². The van der Waals surface area contributed by atoms with Crippen LogP contribution in [0, 0.1) is 0 Å². The largest absolute Gasteiger partial charge is 0.384 e. The second-order valence-electron chi connectivity index (χ2n) is 7.45. The third-order valence-electron chi connectivity index (χ3n) is 5.31. The SMILES string of the molecule is C=CCN(C)CCCCCc1ccc2c(c1)C(C(=O)c1ccccc1)CN2. The summed E-state index contributed by atoms with van der Waals surface area (Å²) in [5.74, 6) is 0.138. The Morgan fingerprint density at radius 1 is 1.19 bits per heavy atom. The van der Waals surface area contributed by atoms with E-state index in [1.165, 1.54) is 24.8 Å². The van der Waals surface area contributed by atoms with Gasteiger partial charge in [0.05, 0.1) is 5.92 Å². The van der Waals surface area contributed by atoms with Crippen LogP contribution < -0.4 is 5.32 Å². The molecule has 0 bridgehead atoms. The minimum absolute atomic E-state index is 0.0742. The topological polar surface area (TPSA) is 32.3 Å². The quantitative estimate of drug-likeness (QED) is 0.370. The van der Waals surface area contributed by atoms with Crippen molar-refractivity contribution in [2.75, 3.05) is 32.0 Å². The number of hydrogen-bond donors (Lipinski definition) is 1. The molecular weight excluding hydrogens is 332 g/mol. The molecule has 2 aromatic rings. The van der Waals surface area contributed by atoms with Gasteiger partial charge in [-0.2, -0.15) is 0 Å². The van der Waals surface area contributed by atoms with Crippen molar-refractivity contribution in [3.8, 4) is 0 Å². The number of unbranched alkanes of at least 4 members (excludes halogenated alkanes) is 2. The first kappa shape index (κ1) is 19.4. The molecule has 0 spiro atoms. The molecule has 3 heteroatoms. The molecule has 0 aromatic heterocycles. The Hall–Kier alpha value is -2.39. The Bertz CT molecular complexity index is 769. The number of ketones is 1. The minimum Gasteiger partial charge on any atom is -0.384 e. The lowest BCUT2D eigenvalue weighted by Crippen LogP contribution is -2.19. The van der Waals surface area contributed by atoms with E-state index in [4.69, 9.17) is 0 Å². The fraction of sp³-hybridized carbons (Fsp3) is 0.375. The molecular formula is C24H30N2O. The van der Waals surface area contributed by atoms with Crippen LogP contribution in [0.5, 0.6) is 0 Å². The van der Waals surface area contributed by atoms with Crippen LogP contribution in [0.25, 0.3) is 0 Å². The highest BCUT2D eigenvalue weighted by molar-refractivity contribution is 6.03. The summed E-state index contributed by atoms with van der Waals surface area (Å²) in [6, 6.07) is 16.2. The molecule has 0 amide bonds. The monoisotopic (exact) mass is 362 g/mol. The van der Waals surface area contributed by atoms with E-state index in [0.717, 1.165) is 36.3 Å². The maximum atomic E-state index is 12.9. The zero-order chi connectivity index (χ0) is 19.1. The van der Waals surface area contributed by atoms with Gasteiger partial charge in [-0.15, -0.1) is 6.58 Å². The summed E-state index contributed by atoms with van der Waals surface area (Å²) < 4.78 is 0. The van der Waals surface area contributed by atoms with Gasteiger partial charge < -0.3 is 10.2 Å². The molecule has 142 valence electrons. The number of hydrogen-bond acceptors (Lipinski definition) is 3. The fourth-order valence-electron chi connectivity index (χ4n) is 3.78. The zero-order valence-electron chi connectivity index (χ0n) is 16.3. The van der Waals surface area contributed by atoms with E-state index < -0.39 is 0 Å². The molecule has 0 radical (unpaired) electrons. The number of carbonyl (C=O) groups excluding carboxylic acids is 1. The summed E-state index contributed by atoms with van der Waals surface area (Å²) in [4.78, 5) is 15.2. The molecule has 2 aromatic carbocycles. The highest BCUT2D eigenvalue weighted by atomic mass is 16.1. The van der Waals surface area contributed by atoms with Crippen LogP contribution in [0.4, 0.5) is 5.69 Å². The van der Waals surface area contributed by atoms with Crippen molar-refractivity contribution in [1.82, 2.24) is 4.90 Å². The van der Waals surface area contributed by atoms with Crippen LogP contribution in [0.3, 0.4) is 0 Å². The Balaban J connectivity index is 1.56. The molecule has 1 aliphatic heterocycles. The van der Waals surface area contributed by atoms with Crippen LogP contribution in [0.15, 0.2) is 61.2 Å². The number of aryl methyl sites for hydroxylation is 1. The smallest absolute Gasteiger partial charge is 0.172 e. The lowest BCUT2D eigenvalue weighted by atomic mass is 9.90. The predicted molar refractivity (Wildman–Crippen MR) is 114 cm³/mol. The van der Waals surface area contributed by atoms with Gasteiger partial charge in [0.2, 0.25) is 0 Å². The predicted octanol–water partition coefficient (Wildman–Crippen LogP) is 4.91. The fourth-order valence-corrected chi connectivity index (χ4v) is 3.78. The van der Waals surface area contributed by atoms with Crippen molar-refractivity contribution in [2.24, 2.45) is 0 Å². The normalized spacial score (nSPS) is 15.4. The maximum absolute atomic E-state index is 12.9. The lowest BCUT2D eigenvalue weighted by Gasteiger charge is -2.13.